The zero-order valence-corrected chi connectivity index (χ0v) is 23.5. The lowest BCUT2D eigenvalue weighted by atomic mass is 9.47. The van der Waals surface area contributed by atoms with E-state index >= 15 is 0 Å². The van der Waals surface area contributed by atoms with E-state index in [1.54, 1.807) is 37.6 Å². The van der Waals surface area contributed by atoms with Gasteiger partial charge in [0.05, 0.1) is 41.4 Å². The lowest BCUT2D eigenvalue weighted by Crippen LogP contribution is -2.54. The fourth-order valence-corrected chi connectivity index (χ4v) is 7.20. The molecule has 8 rings (SSSR count). The van der Waals surface area contributed by atoms with Crippen LogP contribution in [0.5, 0.6) is 5.75 Å². The predicted molar refractivity (Wildman–Crippen MR) is 161 cm³/mol. The molecule has 0 radical (unpaired) electrons. The van der Waals surface area contributed by atoms with Gasteiger partial charge >= 0.3 is 0 Å². The number of non-ortho nitro benzene ring substituents is 1. The van der Waals surface area contributed by atoms with Gasteiger partial charge in [0.15, 0.2) is 0 Å². The van der Waals surface area contributed by atoms with Gasteiger partial charge in [-0.25, -0.2) is 10.3 Å². The molecule has 10 heteroatoms. The molecule has 1 fully saturated rings. The summed E-state index contributed by atoms with van der Waals surface area (Å²) in [5, 5.41) is 15.7. The van der Waals surface area contributed by atoms with E-state index in [1.807, 2.05) is 48.5 Å². The van der Waals surface area contributed by atoms with Crippen molar-refractivity contribution in [3.05, 3.63) is 135 Å². The standard InChI is InChI=1S/C34H26N4O6/c1-44-23-16-10-20(11-17-23)18-28(39)36-35-19-34-26-8-4-2-6-24(26)29(25-7-3-5-9-27(25)34)30-31(34)33(41)37(32(30)40)21-12-14-22(15-13-21)38(42)43/h2-17,19,29-31H,18H2,1H3,(H,36,39)/b35-19-/t29?,30-,31-,34?/m1/s1. The molecule has 0 unspecified atom stereocenters. The summed E-state index contributed by atoms with van der Waals surface area (Å²) in [6, 6.07) is 28.0. The third kappa shape index (κ3) is 3.94. The second-order valence-electron chi connectivity index (χ2n) is 11.1. The summed E-state index contributed by atoms with van der Waals surface area (Å²) in [5.41, 5.74) is 5.95. The Morgan fingerprint density at radius 3 is 2.14 bits per heavy atom. The molecule has 1 aliphatic heterocycles. The van der Waals surface area contributed by atoms with Gasteiger partial charge in [-0.05, 0) is 52.1 Å². The number of imide groups is 1. The fourth-order valence-electron chi connectivity index (χ4n) is 7.20. The van der Waals surface area contributed by atoms with Crippen molar-refractivity contribution >= 4 is 35.3 Å². The van der Waals surface area contributed by atoms with Crippen molar-refractivity contribution in [2.45, 2.75) is 17.8 Å². The molecule has 0 saturated carbocycles. The van der Waals surface area contributed by atoms with Gasteiger partial charge in [-0.2, -0.15) is 5.10 Å². The molecule has 4 aliphatic rings. The zero-order chi connectivity index (χ0) is 30.6. The van der Waals surface area contributed by atoms with Crippen LogP contribution < -0.4 is 15.1 Å². The van der Waals surface area contributed by atoms with Crippen molar-refractivity contribution in [2.24, 2.45) is 16.9 Å². The number of rotatable bonds is 7. The van der Waals surface area contributed by atoms with Crippen LogP contribution >= 0.6 is 0 Å². The van der Waals surface area contributed by atoms with Crippen LogP contribution in [0.3, 0.4) is 0 Å². The largest absolute Gasteiger partial charge is 0.497 e. The Kier molecular flexibility index (Phi) is 6.35. The first-order valence-electron chi connectivity index (χ1n) is 14.1. The molecule has 0 aromatic heterocycles. The minimum absolute atomic E-state index is 0.0843. The molecule has 0 spiro atoms. The SMILES string of the molecule is COc1ccc(CC(=O)N/N=C\C23c4ccccc4C(c4ccccc42)[C@H]2C(=O)N(c4ccc([N+](=O)[O-])cc4)C(=O)[C@@H]23)cc1. The second kappa shape index (κ2) is 10.3. The monoisotopic (exact) mass is 586 g/mol. The zero-order valence-electron chi connectivity index (χ0n) is 23.5. The molecule has 3 aliphatic carbocycles. The Balaban J connectivity index is 1.31. The van der Waals surface area contributed by atoms with E-state index < -0.39 is 28.1 Å². The molecule has 3 amide bonds. The molecule has 44 heavy (non-hydrogen) atoms. The Morgan fingerprint density at radius 1 is 0.932 bits per heavy atom. The maximum absolute atomic E-state index is 14.4. The van der Waals surface area contributed by atoms with Crippen LogP contribution in [0.4, 0.5) is 11.4 Å². The lowest BCUT2D eigenvalue weighted by Gasteiger charge is -2.52. The van der Waals surface area contributed by atoms with E-state index in [0.29, 0.717) is 5.75 Å². The lowest BCUT2D eigenvalue weighted by molar-refractivity contribution is -0.384. The third-order valence-electron chi connectivity index (χ3n) is 8.98. The van der Waals surface area contributed by atoms with Crippen molar-refractivity contribution in [1.29, 1.82) is 0 Å². The Hall–Kier alpha value is -5.64. The van der Waals surface area contributed by atoms with Gasteiger partial charge in [0.1, 0.15) is 5.75 Å². The van der Waals surface area contributed by atoms with E-state index in [2.05, 4.69) is 10.5 Å². The van der Waals surface area contributed by atoms with E-state index in [0.717, 1.165) is 32.7 Å². The van der Waals surface area contributed by atoms with Crippen molar-refractivity contribution in [2.75, 3.05) is 12.0 Å². The van der Waals surface area contributed by atoms with Gasteiger partial charge in [-0.3, -0.25) is 24.5 Å². The van der Waals surface area contributed by atoms with Crippen molar-refractivity contribution < 1.29 is 24.0 Å². The Labute approximate surface area is 252 Å². The number of nitrogens with one attached hydrogen (secondary N) is 1. The van der Waals surface area contributed by atoms with Crippen molar-refractivity contribution in [1.82, 2.24) is 5.43 Å². The quantitative estimate of drug-likeness (QED) is 0.147. The highest BCUT2D eigenvalue weighted by molar-refractivity contribution is 6.25. The van der Waals surface area contributed by atoms with Crippen LogP contribution in [0.25, 0.3) is 0 Å². The van der Waals surface area contributed by atoms with Gasteiger partial charge in [0, 0.05) is 24.3 Å². The molecular formula is C34H26N4O6. The summed E-state index contributed by atoms with van der Waals surface area (Å²) < 4.78 is 5.19. The number of hydrazone groups is 1. The number of nitrogens with zero attached hydrogens (tertiary/aromatic N) is 3. The van der Waals surface area contributed by atoms with Crippen LogP contribution in [0, 0.1) is 22.0 Å². The second-order valence-corrected chi connectivity index (χ2v) is 11.1. The van der Waals surface area contributed by atoms with Gasteiger partial charge < -0.3 is 4.74 Å². The normalized spacial score (nSPS) is 22.8. The maximum atomic E-state index is 14.4. The summed E-state index contributed by atoms with van der Waals surface area (Å²) in [6.07, 6.45) is 1.69. The highest BCUT2D eigenvalue weighted by Crippen LogP contribution is 2.63. The molecular weight excluding hydrogens is 560 g/mol. The molecule has 10 nitrogen and oxygen atoms in total. The third-order valence-corrected chi connectivity index (χ3v) is 8.98. The Bertz CT molecular complexity index is 1820. The number of hydrogen-bond donors (Lipinski definition) is 1. The number of carbonyl (C=O) groups is 3. The first-order chi connectivity index (χ1) is 21.3. The van der Waals surface area contributed by atoms with Crippen LogP contribution in [0.1, 0.15) is 33.7 Å². The van der Waals surface area contributed by atoms with Gasteiger partial charge in [0.25, 0.3) is 5.69 Å². The van der Waals surface area contributed by atoms with E-state index in [-0.39, 0.29) is 35.5 Å². The van der Waals surface area contributed by atoms with Crippen LogP contribution in [0.2, 0.25) is 0 Å². The molecule has 4 aromatic rings. The van der Waals surface area contributed by atoms with E-state index in [9.17, 15) is 24.5 Å². The number of benzene rings is 4. The van der Waals surface area contributed by atoms with Crippen LogP contribution in [-0.2, 0) is 26.2 Å². The maximum Gasteiger partial charge on any atom is 0.269 e. The van der Waals surface area contributed by atoms with E-state index in [4.69, 9.17) is 4.74 Å². The highest BCUT2D eigenvalue weighted by atomic mass is 16.6. The highest BCUT2D eigenvalue weighted by Gasteiger charge is 2.68. The number of nitro groups is 1. The first kappa shape index (κ1) is 27.2. The van der Waals surface area contributed by atoms with Gasteiger partial charge in [-0.15, -0.1) is 0 Å². The first-order valence-corrected chi connectivity index (χ1v) is 14.1. The van der Waals surface area contributed by atoms with Crippen molar-refractivity contribution in [3.8, 4) is 5.75 Å². The van der Waals surface area contributed by atoms with Crippen LogP contribution in [0.15, 0.2) is 102 Å². The molecule has 1 saturated heterocycles. The molecule has 218 valence electrons. The topological polar surface area (TPSA) is 131 Å². The number of nitro benzene ring substituents is 1. The average molecular weight is 587 g/mol. The predicted octanol–water partition coefficient (Wildman–Crippen LogP) is 4.50. The number of methoxy groups -OCH3 is 1. The Morgan fingerprint density at radius 2 is 1.55 bits per heavy atom. The molecule has 1 N–H and O–H groups in total. The number of amides is 3. The number of hydrogen-bond acceptors (Lipinski definition) is 7. The molecule has 2 atom stereocenters. The number of ether oxygens (including phenoxy) is 1. The summed E-state index contributed by atoms with van der Waals surface area (Å²) in [7, 11) is 1.57. The average Bonchev–Trinajstić information content (AvgIpc) is 3.32. The minimum Gasteiger partial charge on any atom is -0.497 e. The van der Waals surface area contributed by atoms with Gasteiger partial charge in [0.2, 0.25) is 17.7 Å². The number of carbonyl (C=O) groups excluding carboxylic acids is 3. The summed E-state index contributed by atoms with van der Waals surface area (Å²) >= 11 is 0. The molecule has 2 bridgehead atoms. The van der Waals surface area contributed by atoms with Crippen LogP contribution in [-0.4, -0.2) is 36.0 Å². The molecule has 4 aromatic carbocycles. The summed E-state index contributed by atoms with van der Waals surface area (Å²) in [6.45, 7) is 0. The van der Waals surface area contributed by atoms with Crippen molar-refractivity contribution in [3.63, 3.8) is 0 Å². The number of anilines is 1. The molecule has 1 heterocycles. The summed E-state index contributed by atoms with van der Waals surface area (Å²) in [5.74, 6) is -2.39. The minimum atomic E-state index is -1.15. The smallest absolute Gasteiger partial charge is 0.269 e. The fraction of sp³-hybridized carbons (Fsp3) is 0.176. The summed E-state index contributed by atoms with van der Waals surface area (Å²) in [4.78, 5) is 53.4. The van der Waals surface area contributed by atoms with E-state index in [1.165, 1.54) is 24.3 Å². The van der Waals surface area contributed by atoms with Gasteiger partial charge in [-0.1, -0.05) is 60.7 Å².